The van der Waals surface area contributed by atoms with Crippen LogP contribution in [-0.4, -0.2) is 19.1 Å². The van der Waals surface area contributed by atoms with Crippen molar-refractivity contribution in [3.63, 3.8) is 0 Å². The zero-order chi connectivity index (χ0) is 12.7. The first-order valence-corrected chi connectivity index (χ1v) is 5.48. The smallest absolute Gasteiger partial charge is 0.224 e. The molecule has 1 aromatic carbocycles. The summed E-state index contributed by atoms with van der Waals surface area (Å²) in [5.74, 6) is -0.0658. The minimum atomic E-state index is -0.0658. The third-order valence-corrected chi connectivity index (χ3v) is 2.46. The molecule has 0 aliphatic carbocycles. The molecule has 1 atom stereocenters. The van der Waals surface area contributed by atoms with Crippen LogP contribution < -0.4 is 5.32 Å². The third-order valence-electron chi connectivity index (χ3n) is 2.46. The SMILES string of the molecule is COC(C)CCC(=O)Nc1cccc(C#N)c1. The molecule has 1 unspecified atom stereocenters. The van der Waals surface area contributed by atoms with Crippen LogP contribution in [0.3, 0.4) is 0 Å². The molecule has 1 aromatic rings. The first-order chi connectivity index (χ1) is 8.15. The van der Waals surface area contributed by atoms with Gasteiger partial charge in [0.2, 0.25) is 5.91 Å². The molecule has 0 fully saturated rings. The monoisotopic (exact) mass is 232 g/mol. The minimum Gasteiger partial charge on any atom is -0.382 e. The van der Waals surface area contributed by atoms with Crippen molar-refractivity contribution in [3.8, 4) is 6.07 Å². The highest BCUT2D eigenvalue weighted by Crippen LogP contribution is 2.11. The van der Waals surface area contributed by atoms with E-state index >= 15 is 0 Å². The number of methoxy groups -OCH3 is 1. The lowest BCUT2D eigenvalue weighted by Crippen LogP contribution is -2.15. The Kier molecular flexibility index (Phi) is 5.18. The van der Waals surface area contributed by atoms with Gasteiger partial charge in [-0.15, -0.1) is 0 Å². The number of hydrogen-bond acceptors (Lipinski definition) is 3. The lowest BCUT2D eigenvalue weighted by atomic mass is 10.2. The molecule has 0 saturated carbocycles. The van der Waals surface area contributed by atoms with Crippen molar-refractivity contribution in [1.82, 2.24) is 0 Å². The number of nitriles is 1. The summed E-state index contributed by atoms with van der Waals surface area (Å²) in [6, 6.07) is 8.88. The standard InChI is InChI=1S/C13H16N2O2/c1-10(17-2)6-7-13(16)15-12-5-3-4-11(8-12)9-14/h3-5,8,10H,6-7H2,1-2H3,(H,15,16). The summed E-state index contributed by atoms with van der Waals surface area (Å²) < 4.78 is 5.06. The Balaban J connectivity index is 2.48. The number of hydrogen-bond donors (Lipinski definition) is 1. The molecule has 0 saturated heterocycles. The number of ether oxygens (including phenoxy) is 1. The maximum Gasteiger partial charge on any atom is 0.224 e. The van der Waals surface area contributed by atoms with E-state index in [9.17, 15) is 4.79 Å². The van der Waals surface area contributed by atoms with Gasteiger partial charge < -0.3 is 10.1 Å². The van der Waals surface area contributed by atoms with Crippen LogP contribution in [0.15, 0.2) is 24.3 Å². The maximum absolute atomic E-state index is 11.6. The number of rotatable bonds is 5. The summed E-state index contributed by atoms with van der Waals surface area (Å²) in [6.45, 7) is 1.92. The molecule has 4 nitrogen and oxygen atoms in total. The molecule has 1 amide bonds. The van der Waals surface area contributed by atoms with Gasteiger partial charge in [-0.25, -0.2) is 0 Å². The second-order valence-electron chi connectivity index (χ2n) is 3.83. The second-order valence-corrected chi connectivity index (χ2v) is 3.83. The molecular formula is C13H16N2O2. The van der Waals surface area contributed by atoms with Crippen LogP contribution in [0.5, 0.6) is 0 Å². The Morgan fingerprint density at radius 1 is 1.59 bits per heavy atom. The van der Waals surface area contributed by atoms with Gasteiger partial charge in [-0.1, -0.05) is 6.07 Å². The van der Waals surface area contributed by atoms with Crippen molar-refractivity contribution in [2.45, 2.75) is 25.9 Å². The molecule has 0 aliphatic rings. The topological polar surface area (TPSA) is 62.1 Å². The lowest BCUT2D eigenvalue weighted by molar-refractivity contribution is -0.116. The molecule has 1 rings (SSSR count). The zero-order valence-corrected chi connectivity index (χ0v) is 10.1. The lowest BCUT2D eigenvalue weighted by Gasteiger charge is -2.09. The summed E-state index contributed by atoms with van der Waals surface area (Å²) >= 11 is 0. The molecule has 1 N–H and O–H groups in total. The number of carbonyl (C=O) groups is 1. The Labute approximate surface area is 101 Å². The third kappa shape index (κ3) is 4.66. The highest BCUT2D eigenvalue weighted by atomic mass is 16.5. The van der Waals surface area contributed by atoms with Crippen LogP contribution in [0.25, 0.3) is 0 Å². The first-order valence-electron chi connectivity index (χ1n) is 5.48. The van der Waals surface area contributed by atoms with Crippen LogP contribution >= 0.6 is 0 Å². The average molecular weight is 232 g/mol. The van der Waals surface area contributed by atoms with Crippen molar-refractivity contribution in [2.75, 3.05) is 12.4 Å². The quantitative estimate of drug-likeness (QED) is 0.847. The van der Waals surface area contributed by atoms with Crippen molar-refractivity contribution >= 4 is 11.6 Å². The summed E-state index contributed by atoms with van der Waals surface area (Å²) in [7, 11) is 1.62. The van der Waals surface area contributed by atoms with Crippen molar-refractivity contribution in [3.05, 3.63) is 29.8 Å². The molecule has 0 spiro atoms. The van der Waals surface area contributed by atoms with Crippen LogP contribution in [0.4, 0.5) is 5.69 Å². The fourth-order valence-electron chi connectivity index (χ4n) is 1.34. The molecular weight excluding hydrogens is 216 g/mol. The van der Waals surface area contributed by atoms with Crippen molar-refractivity contribution in [2.24, 2.45) is 0 Å². The van der Waals surface area contributed by atoms with Gasteiger partial charge in [-0.3, -0.25) is 4.79 Å². The van der Waals surface area contributed by atoms with Gasteiger partial charge in [0.15, 0.2) is 0 Å². The van der Waals surface area contributed by atoms with Crippen LogP contribution in [0.1, 0.15) is 25.3 Å². The van der Waals surface area contributed by atoms with E-state index in [0.29, 0.717) is 24.1 Å². The van der Waals surface area contributed by atoms with Crippen LogP contribution in [-0.2, 0) is 9.53 Å². The molecule has 0 heterocycles. The first kappa shape index (κ1) is 13.2. The summed E-state index contributed by atoms with van der Waals surface area (Å²) in [4.78, 5) is 11.6. The van der Waals surface area contributed by atoms with E-state index in [2.05, 4.69) is 5.32 Å². The predicted molar refractivity (Wildman–Crippen MR) is 65.5 cm³/mol. The zero-order valence-electron chi connectivity index (χ0n) is 10.1. The average Bonchev–Trinajstić information content (AvgIpc) is 2.36. The number of anilines is 1. The largest absolute Gasteiger partial charge is 0.382 e. The molecule has 17 heavy (non-hydrogen) atoms. The Morgan fingerprint density at radius 3 is 3.00 bits per heavy atom. The molecule has 90 valence electrons. The van der Waals surface area contributed by atoms with Crippen molar-refractivity contribution < 1.29 is 9.53 Å². The number of carbonyl (C=O) groups excluding carboxylic acids is 1. The van der Waals surface area contributed by atoms with Gasteiger partial charge >= 0.3 is 0 Å². The molecule has 0 radical (unpaired) electrons. The van der Waals surface area contributed by atoms with Crippen LogP contribution in [0.2, 0.25) is 0 Å². The summed E-state index contributed by atoms with van der Waals surface area (Å²) in [5, 5.41) is 11.5. The van der Waals surface area contributed by atoms with Gasteiger partial charge in [-0.05, 0) is 31.5 Å². The fraction of sp³-hybridized carbons (Fsp3) is 0.385. The van der Waals surface area contributed by atoms with Gasteiger partial charge in [0, 0.05) is 19.2 Å². The van der Waals surface area contributed by atoms with Crippen molar-refractivity contribution in [1.29, 1.82) is 5.26 Å². The molecule has 0 aromatic heterocycles. The van der Waals surface area contributed by atoms with E-state index in [1.165, 1.54) is 0 Å². The highest BCUT2D eigenvalue weighted by molar-refractivity contribution is 5.90. The van der Waals surface area contributed by atoms with Gasteiger partial charge in [0.05, 0.1) is 17.7 Å². The number of nitrogens with zero attached hydrogens (tertiary/aromatic N) is 1. The van der Waals surface area contributed by atoms with E-state index in [1.54, 1.807) is 31.4 Å². The van der Waals surface area contributed by atoms with Crippen LogP contribution in [0, 0.1) is 11.3 Å². The van der Waals surface area contributed by atoms with Gasteiger partial charge in [-0.2, -0.15) is 5.26 Å². The normalized spacial score (nSPS) is 11.6. The highest BCUT2D eigenvalue weighted by Gasteiger charge is 2.06. The van der Waals surface area contributed by atoms with E-state index in [0.717, 1.165) is 0 Å². The van der Waals surface area contributed by atoms with E-state index in [1.807, 2.05) is 13.0 Å². The van der Waals surface area contributed by atoms with Gasteiger partial charge in [0.25, 0.3) is 0 Å². The van der Waals surface area contributed by atoms with Gasteiger partial charge in [0.1, 0.15) is 0 Å². The minimum absolute atomic E-state index is 0.0658. The van der Waals surface area contributed by atoms with E-state index < -0.39 is 0 Å². The number of nitrogens with one attached hydrogen (secondary N) is 1. The molecule has 4 heteroatoms. The second kappa shape index (κ2) is 6.66. The summed E-state index contributed by atoms with van der Waals surface area (Å²) in [6.07, 6.45) is 1.16. The number of amides is 1. The molecule has 0 aliphatic heterocycles. The Bertz CT molecular complexity index is 424. The van der Waals surface area contributed by atoms with E-state index in [-0.39, 0.29) is 12.0 Å². The Hall–Kier alpha value is -1.86. The van der Waals surface area contributed by atoms with E-state index in [4.69, 9.17) is 10.00 Å². The molecule has 0 bridgehead atoms. The number of benzene rings is 1. The fourth-order valence-corrected chi connectivity index (χ4v) is 1.34. The summed E-state index contributed by atoms with van der Waals surface area (Å²) in [5.41, 5.74) is 1.19. The maximum atomic E-state index is 11.6. The Morgan fingerprint density at radius 2 is 2.35 bits per heavy atom. The predicted octanol–water partition coefficient (Wildman–Crippen LogP) is 2.31.